The van der Waals surface area contributed by atoms with Crippen LogP contribution in [0.4, 0.5) is 8.78 Å². The third-order valence-electron chi connectivity index (χ3n) is 3.44. The van der Waals surface area contributed by atoms with Crippen LogP contribution in [0, 0.1) is 0 Å². The fourth-order valence-electron chi connectivity index (χ4n) is 2.33. The highest BCUT2D eigenvalue weighted by Gasteiger charge is 2.35. The van der Waals surface area contributed by atoms with Crippen molar-refractivity contribution in [1.82, 2.24) is 4.57 Å². The number of nitrogens with zero attached hydrogens (tertiary/aromatic N) is 1. The molecule has 0 unspecified atom stereocenters. The lowest BCUT2D eigenvalue weighted by Crippen LogP contribution is -2.31. The molecule has 1 aromatic rings. The van der Waals surface area contributed by atoms with Gasteiger partial charge in [0.05, 0.1) is 12.7 Å². The molecule has 1 fully saturated rings. The summed E-state index contributed by atoms with van der Waals surface area (Å²) >= 11 is 0. The Morgan fingerprint density at radius 2 is 2.00 bits per heavy atom. The predicted octanol–water partition coefficient (Wildman–Crippen LogP) is 2.39. The second kappa shape index (κ2) is 5.11. The van der Waals surface area contributed by atoms with E-state index < -0.39 is 11.9 Å². The Labute approximate surface area is 109 Å². The first kappa shape index (κ1) is 13.7. The normalized spacial score (nSPS) is 19.1. The minimum absolute atomic E-state index is 0.230. The topological polar surface area (TPSA) is 48.3 Å². The molecule has 0 radical (unpaired) electrons. The van der Waals surface area contributed by atoms with Crippen molar-refractivity contribution < 1.29 is 18.3 Å². The number of esters is 1. The average Bonchev–Trinajstić information content (AvgIpc) is 2.39. The number of pyridine rings is 1. The number of methoxy groups -OCH3 is 1. The number of carbonyl (C=O) groups excluding carboxylic acids is 1. The molecule has 2 rings (SSSR count). The maximum atomic E-state index is 13.1. The fourth-order valence-corrected chi connectivity index (χ4v) is 2.33. The molecule has 0 N–H and O–H groups in total. The van der Waals surface area contributed by atoms with Crippen LogP contribution in [0.15, 0.2) is 23.1 Å². The summed E-state index contributed by atoms with van der Waals surface area (Å²) in [6.45, 7) is 0. The van der Waals surface area contributed by atoms with Gasteiger partial charge in [0.15, 0.2) is 0 Å². The molecule has 1 aromatic heterocycles. The number of rotatable bonds is 2. The summed E-state index contributed by atoms with van der Waals surface area (Å²) in [6.07, 6.45) is 1.40. The van der Waals surface area contributed by atoms with E-state index in [0.717, 1.165) is 0 Å². The van der Waals surface area contributed by atoms with Crippen LogP contribution in [-0.2, 0) is 4.74 Å². The summed E-state index contributed by atoms with van der Waals surface area (Å²) in [5.41, 5.74) is -0.0395. The number of halogens is 2. The molecule has 104 valence electrons. The Kier molecular flexibility index (Phi) is 3.68. The first-order valence-electron chi connectivity index (χ1n) is 6.11. The first-order chi connectivity index (χ1) is 8.93. The van der Waals surface area contributed by atoms with Crippen LogP contribution in [0.25, 0.3) is 0 Å². The summed E-state index contributed by atoms with van der Waals surface area (Å²) in [4.78, 5) is 23.2. The van der Waals surface area contributed by atoms with Crippen LogP contribution >= 0.6 is 0 Å². The minimum atomic E-state index is -2.64. The number of aromatic nitrogens is 1. The molecule has 0 amide bonds. The lowest BCUT2D eigenvalue weighted by molar-refractivity contribution is -0.0442. The maximum absolute atomic E-state index is 13.1. The van der Waals surface area contributed by atoms with Crippen molar-refractivity contribution in [3.05, 3.63) is 34.2 Å². The lowest BCUT2D eigenvalue weighted by atomic mass is 9.92. The Bertz CT molecular complexity index is 529. The molecule has 1 aliphatic rings. The highest BCUT2D eigenvalue weighted by molar-refractivity contribution is 5.88. The molecule has 0 saturated heterocycles. The molecule has 0 aromatic carbocycles. The number of ether oxygens (including phenoxy) is 1. The van der Waals surface area contributed by atoms with E-state index >= 15 is 0 Å². The second-order valence-electron chi connectivity index (χ2n) is 4.74. The molecule has 1 saturated carbocycles. The zero-order valence-corrected chi connectivity index (χ0v) is 10.6. The molecule has 0 bridgehead atoms. The molecule has 0 aliphatic heterocycles. The van der Waals surface area contributed by atoms with Gasteiger partial charge in [-0.05, 0) is 18.9 Å². The van der Waals surface area contributed by atoms with Gasteiger partial charge in [-0.3, -0.25) is 4.79 Å². The maximum Gasteiger partial charge on any atom is 0.339 e. The van der Waals surface area contributed by atoms with Crippen molar-refractivity contribution in [3.63, 3.8) is 0 Å². The smallest absolute Gasteiger partial charge is 0.339 e. The lowest BCUT2D eigenvalue weighted by Gasteiger charge is -2.29. The van der Waals surface area contributed by atoms with Gasteiger partial charge in [-0.1, -0.05) is 0 Å². The van der Waals surface area contributed by atoms with E-state index in [9.17, 15) is 18.4 Å². The van der Waals surface area contributed by atoms with Crippen molar-refractivity contribution in [2.24, 2.45) is 0 Å². The molecule has 1 heterocycles. The van der Waals surface area contributed by atoms with Crippen LogP contribution in [-0.4, -0.2) is 23.6 Å². The monoisotopic (exact) mass is 271 g/mol. The highest BCUT2D eigenvalue weighted by atomic mass is 19.3. The van der Waals surface area contributed by atoms with Gasteiger partial charge >= 0.3 is 5.97 Å². The Hall–Kier alpha value is -1.72. The highest BCUT2D eigenvalue weighted by Crippen LogP contribution is 2.37. The van der Waals surface area contributed by atoms with Crippen LogP contribution in [0.2, 0.25) is 0 Å². The van der Waals surface area contributed by atoms with E-state index in [4.69, 9.17) is 0 Å². The molecule has 6 heteroatoms. The van der Waals surface area contributed by atoms with Gasteiger partial charge in [-0.25, -0.2) is 13.6 Å². The SMILES string of the molecule is COC(=O)c1ccc(=O)n(C2CCC(F)(F)CC2)c1. The van der Waals surface area contributed by atoms with Crippen molar-refractivity contribution >= 4 is 5.97 Å². The van der Waals surface area contributed by atoms with E-state index in [1.165, 1.54) is 30.0 Å². The van der Waals surface area contributed by atoms with Crippen LogP contribution < -0.4 is 5.56 Å². The van der Waals surface area contributed by atoms with Gasteiger partial charge in [0.1, 0.15) is 0 Å². The summed E-state index contributed by atoms with van der Waals surface area (Å²) in [6, 6.07) is 2.36. The molecule has 19 heavy (non-hydrogen) atoms. The predicted molar refractivity (Wildman–Crippen MR) is 64.5 cm³/mol. The molecule has 0 atom stereocenters. The number of alkyl halides is 2. The van der Waals surface area contributed by atoms with Crippen molar-refractivity contribution in [2.45, 2.75) is 37.6 Å². The van der Waals surface area contributed by atoms with E-state index in [1.54, 1.807) is 0 Å². The summed E-state index contributed by atoms with van der Waals surface area (Å²) in [5, 5.41) is 0. The van der Waals surface area contributed by atoms with Gasteiger partial charge in [0, 0.05) is 31.1 Å². The number of hydrogen-bond donors (Lipinski definition) is 0. The van der Waals surface area contributed by atoms with E-state index in [0.29, 0.717) is 0 Å². The molecule has 1 aliphatic carbocycles. The van der Waals surface area contributed by atoms with Gasteiger partial charge in [0.2, 0.25) is 5.92 Å². The van der Waals surface area contributed by atoms with E-state index in [2.05, 4.69) is 4.74 Å². The van der Waals surface area contributed by atoms with Crippen LogP contribution in [0.3, 0.4) is 0 Å². The zero-order chi connectivity index (χ0) is 14.0. The third-order valence-corrected chi connectivity index (χ3v) is 3.44. The van der Waals surface area contributed by atoms with Crippen LogP contribution in [0.1, 0.15) is 42.1 Å². The second-order valence-corrected chi connectivity index (χ2v) is 4.74. The summed E-state index contributed by atoms with van der Waals surface area (Å²) < 4.78 is 32.1. The molecular formula is C13H15F2NO3. The number of carbonyl (C=O) groups is 1. The molecule has 0 spiro atoms. The van der Waals surface area contributed by atoms with Crippen LogP contribution in [0.5, 0.6) is 0 Å². The molecule has 4 nitrogen and oxygen atoms in total. The van der Waals surface area contributed by atoms with E-state index in [1.807, 2.05) is 0 Å². The quantitative estimate of drug-likeness (QED) is 0.776. The largest absolute Gasteiger partial charge is 0.465 e. The van der Waals surface area contributed by atoms with E-state index in [-0.39, 0.29) is 42.8 Å². The number of hydrogen-bond acceptors (Lipinski definition) is 3. The van der Waals surface area contributed by atoms with Gasteiger partial charge in [-0.15, -0.1) is 0 Å². The first-order valence-corrected chi connectivity index (χ1v) is 6.11. The standard InChI is InChI=1S/C13H15F2NO3/c1-19-12(18)9-2-3-11(17)16(8-9)10-4-6-13(14,15)7-5-10/h2-3,8,10H,4-7H2,1H3. The Morgan fingerprint density at radius 1 is 1.37 bits per heavy atom. The zero-order valence-electron chi connectivity index (χ0n) is 10.6. The Morgan fingerprint density at radius 3 is 2.58 bits per heavy atom. The summed E-state index contributed by atoms with van der Waals surface area (Å²) in [7, 11) is 1.25. The van der Waals surface area contributed by atoms with Crippen molar-refractivity contribution in [1.29, 1.82) is 0 Å². The van der Waals surface area contributed by atoms with Crippen molar-refractivity contribution in [3.8, 4) is 0 Å². The van der Waals surface area contributed by atoms with Gasteiger partial charge in [-0.2, -0.15) is 0 Å². The van der Waals surface area contributed by atoms with Gasteiger partial charge < -0.3 is 9.30 Å². The average molecular weight is 271 g/mol. The van der Waals surface area contributed by atoms with Gasteiger partial charge in [0.25, 0.3) is 5.56 Å². The minimum Gasteiger partial charge on any atom is -0.465 e. The fraction of sp³-hybridized carbons (Fsp3) is 0.538. The third kappa shape index (κ3) is 3.00. The molecular weight excluding hydrogens is 256 g/mol. The van der Waals surface area contributed by atoms with Crippen molar-refractivity contribution in [2.75, 3.05) is 7.11 Å². The summed E-state index contributed by atoms with van der Waals surface area (Å²) in [5.74, 6) is -3.19. The Balaban J connectivity index is 2.25.